The summed E-state index contributed by atoms with van der Waals surface area (Å²) in [6, 6.07) is 5.10. The first-order valence-corrected chi connectivity index (χ1v) is 6.84. The number of hydrogen-bond acceptors (Lipinski definition) is 6. The van der Waals surface area contributed by atoms with E-state index in [9.17, 15) is 14.7 Å². The highest BCUT2D eigenvalue weighted by atomic mass is 16.7. The number of rotatable bonds is 2. The van der Waals surface area contributed by atoms with Gasteiger partial charge >= 0.3 is 5.69 Å². The third kappa shape index (κ3) is 2.37. The Morgan fingerprint density at radius 1 is 1.17 bits per heavy atom. The van der Waals surface area contributed by atoms with E-state index in [-0.39, 0.29) is 18.1 Å². The number of ether oxygens (including phenoxy) is 2. The highest BCUT2D eigenvalue weighted by Gasteiger charge is 2.18. The summed E-state index contributed by atoms with van der Waals surface area (Å²) in [4.78, 5) is 28.3. The van der Waals surface area contributed by atoms with Crippen molar-refractivity contribution in [3.05, 3.63) is 44.6 Å². The van der Waals surface area contributed by atoms with Gasteiger partial charge in [0, 0.05) is 20.2 Å². The lowest BCUT2D eigenvalue weighted by Gasteiger charge is -2.10. The Bertz CT molecular complexity index is 939. The molecule has 0 saturated carbocycles. The zero-order valence-electron chi connectivity index (χ0n) is 12.9. The summed E-state index contributed by atoms with van der Waals surface area (Å²) >= 11 is 0. The summed E-state index contributed by atoms with van der Waals surface area (Å²) in [6.07, 6.45) is 0. The molecule has 2 aromatic rings. The van der Waals surface area contributed by atoms with Crippen LogP contribution in [-0.2, 0) is 14.1 Å². The van der Waals surface area contributed by atoms with Gasteiger partial charge in [-0.1, -0.05) is 0 Å². The largest absolute Gasteiger partial charge is 0.494 e. The minimum atomic E-state index is -0.605. The molecule has 2 heterocycles. The fourth-order valence-corrected chi connectivity index (χ4v) is 2.35. The van der Waals surface area contributed by atoms with Crippen LogP contribution >= 0.6 is 0 Å². The summed E-state index contributed by atoms with van der Waals surface area (Å²) in [5.41, 5.74) is -0.397. The Kier molecular flexibility index (Phi) is 3.44. The van der Waals surface area contributed by atoms with E-state index in [0.717, 1.165) is 9.13 Å². The van der Waals surface area contributed by atoms with Crippen molar-refractivity contribution in [1.29, 1.82) is 0 Å². The summed E-state index contributed by atoms with van der Waals surface area (Å²) in [5, 5.41) is 10.1. The van der Waals surface area contributed by atoms with E-state index in [2.05, 4.69) is 4.99 Å². The number of aromatic hydroxyl groups is 1. The SMILES string of the molecule is CC(=Nc1ccc2c(c1)OCO2)c1c(O)n(C)c(=O)n(C)c1=O. The molecule has 1 aliphatic rings. The quantitative estimate of drug-likeness (QED) is 0.821. The highest BCUT2D eigenvalue weighted by Crippen LogP contribution is 2.35. The summed E-state index contributed by atoms with van der Waals surface area (Å²) in [7, 11) is 2.73. The lowest BCUT2D eigenvalue weighted by Crippen LogP contribution is -2.39. The molecule has 8 nitrogen and oxygen atoms in total. The van der Waals surface area contributed by atoms with Crippen molar-refractivity contribution in [1.82, 2.24) is 9.13 Å². The van der Waals surface area contributed by atoms with Crippen LogP contribution in [0.5, 0.6) is 17.4 Å². The van der Waals surface area contributed by atoms with Crippen molar-refractivity contribution in [3.63, 3.8) is 0 Å². The minimum absolute atomic E-state index is 0.0210. The molecule has 0 bridgehead atoms. The first-order chi connectivity index (χ1) is 10.9. The van der Waals surface area contributed by atoms with Gasteiger partial charge in [0.1, 0.15) is 5.56 Å². The fourth-order valence-electron chi connectivity index (χ4n) is 2.35. The van der Waals surface area contributed by atoms with E-state index in [1.165, 1.54) is 14.1 Å². The molecular weight excluding hydrogens is 302 g/mol. The van der Waals surface area contributed by atoms with Gasteiger partial charge in [-0.25, -0.2) is 4.79 Å². The molecule has 8 heteroatoms. The molecule has 0 saturated heterocycles. The van der Waals surface area contributed by atoms with Crippen LogP contribution in [0.2, 0.25) is 0 Å². The number of fused-ring (bicyclic) bond motifs is 1. The normalized spacial score (nSPS) is 13.4. The van der Waals surface area contributed by atoms with Gasteiger partial charge in [0.15, 0.2) is 11.5 Å². The summed E-state index contributed by atoms with van der Waals surface area (Å²) < 4.78 is 12.4. The van der Waals surface area contributed by atoms with Gasteiger partial charge < -0.3 is 14.6 Å². The van der Waals surface area contributed by atoms with Crippen LogP contribution < -0.4 is 20.7 Å². The zero-order valence-corrected chi connectivity index (χ0v) is 12.9. The molecule has 23 heavy (non-hydrogen) atoms. The smallest absolute Gasteiger partial charge is 0.333 e. The maximum atomic E-state index is 12.2. The van der Waals surface area contributed by atoms with Gasteiger partial charge in [0.25, 0.3) is 5.56 Å². The van der Waals surface area contributed by atoms with Crippen LogP contribution in [0.3, 0.4) is 0 Å². The molecule has 0 spiro atoms. The van der Waals surface area contributed by atoms with E-state index in [1.54, 1.807) is 25.1 Å². The van der Waals surface area contributed by atoms with Gasteiger partial charge in [-0.15, -0.1) is 0 Å². The third-order valence-electron chi connectivity index (χ3n) is 3.65. The van der Waals surface area contributed by atoms with Crippen LogP contribution in [-0.4, -0.2) is 26.7 Å². The van der Waals surface area contributed by atoms with Gasteiger partial charge in [0.05, 0.1) is 11.4 Å². The van der Waals surface area contributed by atoms with Crippen LogP contribution in [0.4, 0.5) is 5.69 Å². The van der Waals surface area contributed by atoms with Gasteiger partial charge in [0.2, 0.25) is 12.7 Å². The zero-order chi connectivity index (χ0) is 16.7. The fraction of sp³-hybridized carbons (Fsp3) is 0.267. The second kappa shape index (κ2) is 5.31. The molecule has 0 aliphatic carbocycles. The van der Waals surface area contributed by atoms with Crippen molar-refractivity contribution < 1.29 is 14.6 Å². The molecule has 0 radical (unpaired) electrons. The van der Waals surface area contributed by atoms with Crippen LogP contribution in [0.25, 0.3) is 0 Å². The second-order valence-electron chi connectivity index (χ2n) is 5.14. The molecule has 0 atom stereocenters. The molecule has 1 aromatic heterocycles. The number of benzene rings is 1. The average molecular weight is 317 g/mol. The molecule has 1 aromatic carbocycles. The molecule has 3 rings (SSSR count). The Morgan fingerprint density at radius 2 is 1.87 bits per heavy atom. The maximum absolute atomic E-state index is 12.2. The molecule has 0 unspecified atom stereocenters. The minimum Gasteiger partial charge on any atom is -0.494 e. The van der Waals surface area contributed by atoms with E-state index >= 15 is 0 Å². The van der Waals surface area contributed by atoms with Crippen molar-refractivity contribution in [2.45, 2.75) is 6.92 Å². The number of aliphatic imine (C=N–C) groups is 1. The number of aromatic nitrogens is 2. The molecule has 0 amide bonds. The average Bonchev–Trinajstić information content (AvgIpc) is 2.99. The summed E-state index contributed by atoms with van der Waals surface area (Å²) in [5.74, 6) is 0.777. The Labute approximate surface area is 130 Å². The molecule has 1 N–H and O–H groups in total. The molecule has 0 fully saturated rings. The Hall–Kier alpha value is -3.03. The first kappa shape index (κ1) is 14.9. The Morgan fingerprint density at radius 3 is 2.61 bits per heavy atom. The van der Waals surface area contributed by atoms with Gasteiger partial charge in [-0.2, -0.15) is 0 Å². The predicted molar refractivity (Wildman–Crippen MR) is 83.0 cm³/mol. The Balaban J connectivity index is 2.12. The van der Waals surface area contributed by atoms with Gasteiger partial charge in [-0.3, -0.25) is 18.9 Å². The highest BCUT2D eigenvalue weighted by molar-refractivity contribution is 6.01. The third-order valence-corrected chi connectivity index (χ3v) is 3.65. The summed E-state index contributed by atoms with van der Waals surface area (Å²) in [6.45, 7) is 1.75. The molecule has 1 aliphatic heterocycles. The lowest BCUT2D eigenvalue weighted by atomic mass is 10.2. The second-order valence-corrected chi connectivity index (χ2v) is 5.14. The monoisotopic (exact) mass is 317 g/mol. The van der Waals surface area contributed by atoms with Crippen molar-refractivity contribution in [2.24, 2.45) is 19.1 Å². The standard InChI is InChI=1S/C15H15N3O5/c1-8(12-13(19)17(2)15(21)18(3)14(12)20)16-9-4-5-10-11(6-9)23-7-22-10/h4-6,19H,7H2,1-3H3. The van der Waals surface area contributed by atoms with Crippen molar-refractivity contribution in [2.75, 3.05) is 6.79 Å². The van der Waals surface area contributed by atoms with Crippen molar-refractivity contribution >= 4 is 11.4 Å². The van der Waals surface area contributed by atoms with Gasteiger partial charge in [-0.05, 0) is 19.1 Å². The van der Waals surface area contributed by atoms with E-state index in [4.69, 9.17) is 9.47 Å². The van der Waals surface area contributed by atoms with Crippen molar-refractivity contribution in [3.8, 4) is 17.4 Å². The van der Waals surface area contributed by atoms with Crippen LogP contribution in [0.15, 0.2) is 32.8 Å². The number of hydrogen-bond donors (Lipinski definition) is 1. The maximum Gasteiger partial charge on any atom is 0.333 e. The van der Waals surface area contributed by atoms with Crippen LogP contribution in [0, 0.1) is 0 Å². The van der Waals surface area contributed by atoms with E-state index < -0.39 is 17.1 Å². The van der Waals surface area contributed by atoms with E-state index in [1.807, 2.05) is 0 Å². The van der Waals surface area contributed by atoms with E-state index in [0.29, 0.717) is 17.2 Å². The number of nitrogens with zero attached hydrogens (tertiary/aromatic N) is 3. The topological polar surface area (TPSA) is 95.0 Å². The molecular formula is C15H15N3O5. The molecule has 120 valence electrons. The predicted octanol–water partition coefficient (Wildman–Crippen LogP) is 0.659. The first-order valence-electron chi connectivity index (χ1n) is 6.84. The van der Waals surface area contributed by atoms with Crippen LogP contribution in [0.1, 0.15) is 12.5 Å². The lowest BCUT2D eigenvalue weighted by molar-refractivity contribution is 0.174.